The highest BCUT2D eigenvalue weighted by Crippen LogP contribution is 2.53. The molecule has 184 valence electrons. The Bertz CT molecular complexity index is 1220. The molecule has 3 fully saturated rings. The van der Waals surface area contributed by atoms with Gasteiger partial charge in [-0.05, 0) is 64.3 Å². The first kappa shape index (κ1) is 23.4. The van der Waals surface area contributed by atoms with Crippen LogP contribution in [0.25, 0.3) is 0 Å². The van der Waals surface area contributed by atoms with E-state index in [9.17, 15) is 12.8 Å². The van der Waals surface area contributed by atoms with Crippen LogP contribution in [0.2, 0.25) is 0 Å². The largest absolute Gasteiger partial charge is 0.371 e. The highest BCUT2D eigenvalue weighted by atomic mass is 32.2. The standard InChI is InChI=1S/C24H29F3N4O2S/c1-15-18(31-12-11-24(14-31)10-9-19(24)30(2)16-5-3-6-16)13-17(25)23(22(15)27)34(32,33)29-21-8-4-7-20(26)28-21/h4,7-8,13,16,19H,3,5-6,9-12,14H2,1-2H3,(H,28,29)/t19-,24+/m1/s1. The lowest BCUT2D eigenvalue weighted by atomic mass is 9.62. The molecule has 2 aromatic rings. The van der Waals surface area contributed by atoms with Crippen molar-refractivity contribution in [3.8, 4) is 0 Å². The molecule has 0 unspecified atom stereocenters. The summed E-state index contributed by atoms with van der Waals surface area (Å²) in [4.78, 5) is 6.82. The highest BCUT2D eigenvalue weighted by Gasteiger charge is 2.53. The molecule has 2 aliphatic carbocycles. The van der Waals surface area contributed by atoms with Gasteiger partial charge in [0.05, 0.1) is 0 Å². The zero-order valence-electron chi connectivity index (χ0n) is 19.3. The van der Waals surface area contributed by atoms with E-state index in [0.717, 1.165) is 31.4 Å². The van der Waals surface area contributed by atoms with Gasteiger partial charge >= 0.3 is 0 Å². The summed E-state index contributed by atoms with van der Waals surface area (Å²) in [5.41, 5.74) is 0.569. The molecule has 2 heterocycles. The fraction of sp³-hybridized carbons (Fsp3) is 0.542. The first-order chi connectivity index (χ1) is 16.1. The van der Waals surface area contributed by atoms with Gasteiger partial charge in [-0.3, -0.25) is 9.62 Å². The summed E-state index contributed by atoms with van der Waals surface area (Å²) in [5.74, 6) is -3.59. The van der Waals surface area contributed by atoms with Gasteiger partial charge in [0.25, 0.3) is 10.0 Å². The molecule has 1 spiro atoms. The average molecular weight is 495 g/mol. The summed E-state index contributed by atoms with van der Waals surface area (Å²) in [5, 5.41) is 0. The summed E-state index contributed by atoms with van der Waals surface area (Å²) in [6.07, 6.45) is 6.92. The van der Waals surface area contributed by atoms with Gasteiger partial charge in [0.15, 0.2) is 10.7 Å². The van der Waals surface area contributed by atoms with Gasteiger partial charge < -0.3 is 4.90 Å². The van der Waals surface area contributed by atoms with E-state index < -0.39 is 32.5 Å². The number of hydrogen-bond acceptors (Lipinski definition) is 5. The Morgan fingerprint density at radius 2 is 1.94 bits per heavy atom. The van der Waals surface area contributed by atoms with Crippen molar-refractivity contribution in [2.45, 2.75) is 62.4 Å². The molecule has 0 radical (unpaired) electrons. The van der Waals surface area contributed by atoms with Gasteiger partial charge in [0, 0.05) is 41.8 Å². The Morgan fingerprint density at radius 3 is 2.56 bits per heavy atom. The second kappa shape index (κ2) is 8.41. The molecule has 3 aliphatic rings. The highest BCUT2D eigenvalue weighted by molar-refractivity contribution is 7.92. The Balaban J connectivity index is 1.39. The first-order valence-electron chi connectivity index (χ1n) is 11.7. The van der Waals surface area contributed by atoms with E-state index in [1.165, 1.54) is 38.3 Å². The molecular formula is C24H29F3N4O2S. The molecule has 1 N–H and O–H groups in total. The molecule has 34 heavy (non-hydrogen) atoms. The third-order valence-electron chi connectivity index (χ3n) is 8.11. The van der Waals surface area contributed by atoms with Crippen LogP contribution < -0.4 is 9.62 Å². The molecular weight excluding hydrogens is 465 g/mol. The lowest BCUT2D eigenvalue weighted by Crippen LogP contribution is -2.59. The van der Waals surface area contributed by atoms with Crippen molar-refractivity contribution in [3.05, 3.63) is 47.4 Å². The number of hydrogen-bond donors (Lipinski definition) is 1. The van der Waals surface area contributed by atoms with Crippen LogP contribution in [-0.2, 0) is 10.0 Å². The molecule has 6 nitrogen and oxygen atoms in total. The normalized spacial score (nSPS) is 25.0. The molecule has 1 aromatic heterocycles. The van der Waals surface area contributed by atoms with E-state index in [0.29, 0.717) is 30.9 Å². The fourth-order valence-electron chi connectivity index (χ4n) is 5.85. The molecule has 5 rings (SSSR count). The lowest BCUT2D eigenvalue weighted by molar-refractivity contribution is -0.0367. The molecule has 2 saturated carbocycles. The summed E-state index contributed by atoms with van der Waals surface area (Å²) in [6, 6.07) is 5.71. The van der Waals surface area contributed by atoms with Crippen LogP contribution in [0, 0.1) is 29.9 Å². The maximum atomic E-state index is 15.3. The van der Waals surface area contributed by atoms with E-state index in [4.69, 9.17) is 0 Å². The van der Waals surface area contributed by atoms with Gasteiger partial charge in [-0.25, -0.2) is 22.2 Å². The molecule has 1 saturated heterocycles. The summed E-state index contributed by atoms with van der Waals surface area (Å²) in [6.45, 7) is 2.84. The third-order valence-corrected chi connectivity index (χ3v) is 9.50. The van der Waals surface area contributed by atoms with E-state index in [2.05, 4.69) is 16.9 Å². The van der Waals surface area contributed by atoms with Gasteiger partial charge in [-0.1, -0.05) is 12.5 Å². The molecule has 2 atom stereocenters. The van der Waals surface area contributed by atoms with E-state index in [1.807, 2.05) is 9.62 Å². The predicted molar refractivity (Wildman–Crippen MR) is 124 cm³/mol. The molecule has 0 amide bonds. The Kier molecular flexibility index (Phi) is 5.79. The van der Waals surface area contributed by atoms with Crippen molar-refractivity contribution in [2.75, 3.05) is 29.8 Å². The zero-order valence-corrected chi connectivity index (χ0v) is 20.1. The monoisotopic (exact) mass is 494 g/mol. The molecule has 1 aliphatic heterocycles. The van der Waals surface area contributed by atoms with Gasteiger partial charge in [0.2, 0.25) is 5.95 Å². The average Bonchev–Trinajstić information content (AvgIpc) is 3.15. The number of nitrogens with one attached hydrogen (secondary N) is 1. The number of rotatable bonds is 6. The van der Waals surface area contributed by atoms with Gasteiger partial charge in [0.1, 0.15) is 11.6 Å². The smallest absolute Gasteiger partial charge is 0.268 e. The zero-order chi connectivity index (χ0) is 24.3. The summed E-state index contributed by atoms with van der Waals surface area (Å²) < 4.78 is 71.2. The first-order valence-corrected chi connectivity index (χ1v) is 13.2. The van der Waals surface area contributed by atoms with Crippen LogP contribution in [-0.4, -0.2) is 50.5 Å². The Labute approximate surface area is 198 Å². The van der Waals surface area contributed by atoms with Crippen LogP contribution >= 0.6 is 0 Å². The van der Waals surface area contributed by atoms with Crippen molar-refractivity contribution in [3.63, 3.8) is 0 Å². The summed E-state index contributed by atoms with van der Waals surface area (Å²) in [7, 11) is -2.45. The predicted octanol–water partition coefficient (Wildman–Crippen LogP) is 4.45. The quantitative estimate of drug-likeness (QED) is 0.601. The van der Waals surface area contributed by atoms with Crippen molar-refractivity contribution >= 4 is 21.5 Å². The van der Waals surface area contributed by atoms with Crippen LogP contribution in [0.5, 0.6) is 0 Å². The molecule has 0 bridgehead atoms. The van der Waals surface area contributed by atoms with Crippen molar-refractivity contribution in [2.24, 2.45) is 5.41 Å². The molecule has 10 heteroatoms. The third kappa shape index (κ3) is 3.84. The van der Waals surface area contributed by atoms with Crippen LogP contribution in [0.3, 0.4) is 0 Å². The number of benzene rings is 1. The Hall–Kier alpha value is -2.33. The van der Waals surface area contributed by atoms with Gasteiger partial charge in [-0.2, -0.15) is 4.39 Å². The minimum absolute atomic E-state index is 0.0780. The number of pyridine rings is 1. The van der Waals surface area contributed by atoms with Crippen LogP contribution in [0.1, 0.15) is 44.1 Å². The number of aromatic nitrogens is 1. The van der Waals surface area contributed by atoms with Crippen LogP contribution in [0.15, 0.2) is 29.2 Å². The minimum atomic E-state index is -4.65. The fourth-order valence-corrected chi connectivity index (χ4v) is 7.05. The second-order valence-corrected chi connectivity index (χ2v) is 11.6. The number of anilines is 2. The maximum absolute atomic E-state index is 15.3. The lowest BCUT2D eigenvalue weighted by Gasteiger charge is -2.55. The van der Waals surface area contributed by atoms with E-state index >= 15 is 8.78 Å². The minimum Gasteiger partial charge on any atom is -0.371 e. The van der Waals surface area contributed by atoms with E-state index in [1.54, 1.807) is 0 Å². The maximum Gasteiger partial charge on any atom is 0.268 e. The number of sulfonamides is 1. The van der Waals surface area contributed by atoms with E-state index in [-0.39, 0.29) is 16.8 Å². The SMILES string of the molecule is Cc1c(N2CC[C@@]3(CC[C@H]3N(C)C3CCC3)C2)cc(F)c(S(=O)(=O)Nc2cccc(F)n2)c1F. The van der Waals surface area contributed by atoms with Crippen molar-refractivity contribution < 1.29 is 21.6 Å². The summed E-state index contributed by atoms with van der Waals surface area (Å²) >= 11 is 0. The second-order valence-electron chi connectivity index (χ2n) is 9.94. The topological polar surface area (TPSA) is 65.5 Å². The Morgan fingerprint density at radius 1 is 1.18 bits per heavy atom. The van der Waals surface area contributed by atoms with Gasteiger partial charge in [-0.15, -0.1) is 0 Å². The van der Waals surface area contributed by atoms with Crippen molar-refractivity contribution in [1.29, 1.82) is 0 Å². The van der Waals surface area contributed by atoms with Crippen LogP contribution in [0.4, 0.5) is 24.7 Å². The molecule has 1 aromatic carbocycles. The van der Waals surface area contributed by atoms with Crippen molar-refractivity contribution in [1.82, 2.24) is 9.88 Å². The number of nitrogens with zero attached hydrogens (tertiary/aromatic N) is 3. The number of halogens is 3.